The molecule has 0 aliphatic rings. The Labute approximate surface area is 131 Å². The number of aromatic nitrogens is 2. The minimum atomic E-state index is 1.11. The second kappa shape index (κ2) is 9.83. The van der Waals surface area contributed by atoms with Gasteiger partial charge in [-0.25, -0.2) is 0 Å². The molecule has 0 amide bonds. The molecule has 0 radical (unpaired) electrons. The Bertz CT molecular complexity index is 566. The van der Waals surface area contributed by atoms with Gasteiger partial charge >= 0.3 is 0 Å². The van der Waals surface area contributed by atoms with E-state index in [4.69, 9.17) is 0 Å². The van der Waals surface area contributed by atoms with Crippen LogP contribution in [0.15, 0.2) is 59.7 Å². The van der Waals surface area contributed by atoms with Gasteiger partial charge in [-0.05, 0) is 39.3 Å². The summed E-state index contributed by atoms with van der Waals surface area (Å²) in [6.45, 7) is 8.20. The third-order valence-corrected chi connectivity index (χ3v) is 3.29. The van der Waals surface area contributed by atoms with Gasteiger partial charge in [0.15, 0.2) is 0 Å². The molecule has 0 N–H and O–H groups in total. The van der Waals surface area contributed by atoms with Crippen molar-refractivity contribution in [2.24, 2.45) is 0 Å². The monoisotopic (exact) mass is 298 g/mol. The van der Waals surface area contributed by atoms with Crippen molar-refractivity contribution in [3.05, 3.63) is 82.1 Å². The largest absolute Gasteiger partial charge is 0.264 e. The number of rotatable bonds is 0. The number of thiazole rings is 1. The van der Waals surface area contributed by atoms with E-state index in [1.165, 1.54) is 16.7 Å². The molecule has 2 nitrogen and oxygen atoms in total. The summed E-state index contributed by atoms with van der Waals surface area (Å²) in [4.78, 5) is 7.82. The van der Waals surface area contributed by atoms with Gasteiger partial charge in [-0.1, -0.05) is 41.5 Å². The molecule has 0 saturated heterocycles. The first-order chi connectivity index (χ1) is 10.1. The fourth-order valence-electron chi connectivity index (χ4n) is 1.36. The molecule has 21 heavy (non-hydrogen) atoms. The molecule has 0 saturated carbocycles. The van der Waals surface area contributed by atoms with Gasteiger partial charge in [0.1, 0.15) is 0 Å². The number of hydrogen-bond acceptors (Lipinski definition) is 3. The van der Waals surface area contributed by atoms with Crippen molar-refractivity contribution in [3.63, 3.8) is 0 Å². The standard InChI is InChI=1S/C8H10.C6H7N.C4H5NS/c1-7-3-5-8(2)6-4-7;1-6-3-2-4-7-5-6;1-4-2-6-3-5-4/h3-6H,1-2H3;2-5H,1H3;2-3H,1H3. The smallest absolute Gasteiger partial charge is 0.0794 e. The number of hydrogen-bond donors (Lipinski definition) is 0. The maximum absolute atomic E-state index is 3.94. The molecule has 3 rings (SSSR count). The molecule has 3 heteroatoms. The third-order valence-electron chi connectivity index (χ3n) is 2.58. The van der Waals surface area contributed by atoms with Crippen molar-refractivity contribution in [3.8, 4) is 0 Å². The minimum absolute atomic E-state index is 1.11. The SMILES string of the molecule is Cc1ccc(C)cc1.Cc1cccnc1.Cc1cscn1. The van der Waals surface area contributed by atoms with Crippen molar-refractivity contribution in [1.82, 2.24) is 9.97 Å². The Morgan fingerprint density at radius 2 is 1.43 bits per heavy atom. The van der Waals surface area contributed by atoms with Crippen LogP contribution in [0, 0.1) is 27.7 Å². The van der Waals surface area contributed by atoms with E-state index in [1.807, 2.05) is 43.1 Å². The van der Waals surface area contributed by atoms with Crippen molar-refractivity contribution in [1.29, 1.82) is 0 Å². The van der Waals surface area contributed by atoms with Gasteiger partial charge in [0.2, 0.25) is 0 Å². The fourth-order valence-corrected chi connectivity index (χ4v) is 1.90. The van der Waals surface area contributed by atoms with Gasteiger partial charge in [0.05, 0.1) is 5.51 Å². The highest BCUT2D eigenvalue weighted by Crippen LogP contribution is 1.99. The van der Waals surface area contributed by atoms with Crippen LogP contribution in [0.2, 0.25) is 0 Å². The zero-order chi connectivity index (χ0) is 15.5. The third kappa shape index (κ3) is 8.71. The highest BCUT2D eigenvalue weighted by molar-refractivity contribution is 7.07. The van der Waals surface area contributed by atoms with Crippen LogP contribution >= 0.6 is 11.3 Å². The molecule has 0 unspecified atom stereocenters. The first-order valence-corrected chi connectivity index (χ1v) is 7.77. The zero-order valence-electron chi connectivity index (χ0n) is 13.1. The molecular formula is C18H22N2S. The van der Waals surface area contributed by atoms with Gasteiger partial charge in [-0.3, -0.25) is 9.97 Å². The summed E-state index contributed by atoms with van der Waals surface area (Å²) in [5.41, 5.74) is 6.81. The maximum atomic E-state index is 3.94. The van der Waals surface area contributed by atoms with E-state index < -0.39 is 0 Å². The quantitative estimate of drug-likeness (QED) is 0.574. The molecule has 2 heterocycles. The molecule has 110 valence electrons. The Hall–Kier alpha value is -2.00. The Morgan fingerprint density at radius 3 is 1.67 bits per heavy atom. The topological polar surface area (TPSA) is 25.8 Å². The van der Waals surface area contributed by atoms with Gasteiger partial charge in [-0.2, -0.15) is 0 Å². The first-order valence-electron chi connectivity index (χ1n) is 6.82. The summed E-state index contributed by atoms with van der Waals surface area (Å²) < 4.78 is 0. The van der Waals surface area contributed by atoms with Crippen LogP contribution in [0.1, 0.15) is 22.4 Å². The summed E-state index contributed by atoms with van der Waals surface area (Å²) >= 11 is 1.63. The molecule has 2 aromatic heterocycles. The van der Waals surface area contributed by atoms with E-state index in [0.717, 1.165) is 5.69 Å². The lowest BCUT2D eigenvalue weighted by atomic mass is 10.2. The van der Waals surface area contributed by atoms with Crippen LogP contribution in [0.3, 0.4) is 0 Å². The predicted molar refractivity (Wildman–Crippen MR) is 91.7 cm³/mol. The number of benzene rings is 1. The van der Waals surface area contributed by atoms with Gasteiger partial charge < -0.3 is 0 Å². The van der Waals surface area contributed by atoms with E-state index >= 15 is 0 Å². The molecule has 0 spiro atoms. The normalized spacial score (nSPS) is 8.95. The van der Waals surface area contributed by atoms with Crippen molar-refractivity contribution >= 4 is 11.3 Å². The van der Waals surface area contributed by atoms with Crippen LogP contribution in [0.4, 0.5) is 0 Å². The predicted octanol–water partition coefficient (Wildman–Crippen LogP) is 5.14. The number of nitrogens with zero attached hydrogens (tertiary/aromatic N) is 2. The van der Waals surface area contributed by atoms with Crippen LogP contribution < -0.4 is 0 Å². The molecule has 0 bridgehead atoms. The van der Waals surface area contributed by atoms with Crippen molar-refractivity contribution in [2.45, 2.75) is 27.7 Å². The lowest BCUT2D eigenvalue weighted by Gasteiger charge is -1.90. The van der Waals surface area contributed by atoms with Gasteiger partial charge in [0.25, 0.3) is 0 Å². The second-order valence-electron chi connectivity index (χ2n) is 4.81. The summed E-state index contributed by atoms with van der Waals surface area (Å²) in [5, 5.41) is 2.01. The molecule has 0 atom stereocenters. The highest BCUT2D eigenvalue weighted by atomic mass is 32.1. The molecule has 1 aromatic carbocycles. The Kier molecular flexibility index (Phi) is 7.99. The van der Waals surface area contributed by atoms with Crippen molar-refractivity contribution < 1.29 is 0 Å². The van der Waals surface area contributed by atoms with E-state index in [-0.39, 0.29) is 0 Å². The highest BCUT2D eigenvalue weighted by Gasteiger charge is 1.80. The minimum Gasteiger partial charge on any atom is -0.264 e. The van der Waals surface area contributed by atoms with Crippen LogP contribution in [-0.4, -0.2) is 9.97 Å². The lowest BCUT2D eigenvalue weighted by Crippen LogP contribution is -1.70. The van der Waals surface area contributed by atoms with Crippen molar-refractivity contribution in [2.75, 3.05) is 0 Å². The van der Waals surface area contributed by atoms with Crippen LogP contribution in [0.5, 0.6) is 0 Å². The fraction of sp³-hybridized carbons (Fsp3) is 0.222. The first kappa shape index (κ1) is 17.1. The Morgan fingerprint density at radius 1 is 0.810 bits per heavy atom. The average molecular weight is 298 g/mol. The maximum Gasteiger partial charge on any atom is 0.0794 e. The van der Waals surface area contributed by atoms with E-state index in [2.05, 4.69) is 48.1 Å². The zero-order valence-corrected chi connectivity index (χ0v) is 13.9. The summed E-state index contributed by atoms with van der Waals surface area (Å²) in [6.07, 6.45) is 3.60. The van der Waals surface area contributed by atoms with Gasteiger partial charge in [0, 0.05) is 23.5 Å². The van der Waals surface area contributed by atoms with Crippen LogP contribution in [0.25, 0.3) is 0 Å². The molecule has 0 aliphatic carbocycles. The van der Waals surface area contributed by atoms with Gasteiger partial charge in [-0.15, -0.1) is 11.3 Å². The lowest BCUT2D eigenvalue weighted by molar-refractivity contribution is 1.27. The average Bonchev–Trinajstić information content (AvgIpc) is 2.95. The van der Waals surface area contributed by atoms with E-state index in [1.54, 1.807) is 17.5 Å². The molecule has 3 aromatic rings. The molecule has 0 aliphatic heterocycles. The Balaban J connectivity index is 0.000000159. The van der Waals surface area contributed by atoms with Crippen LogP contribution in [-0.2, 0) is 0 Å². The summed E-state index contributed by atoms with van der Waals surface area (Å²) in [7, 11) is 0. The van der Waals surface area contributed by atoms with E-state index in [0.29, 0.717) is 0 Å². The molecular weight excluding hydrogens is 276 g/mol. The summed E-state index contributed by atoms with van der Waals surface area (Å²) in [6, 6.07) is 12.4. The number of aryl methyl sites for hydroxylation is 4. The van der Waals surface area contributed by atoms with E-state index in [9.17, 15) is 0 Å². The molecule has 0 fully saturated rings. The second-order valence-corrected chi connectivity index (χ2v) is 5.53. The number of pyridine rings is 1. The summed E-state index contributed by atoms with van der Waals surface area (Å²) in [5.74, 6) is 0.